The summed E-state index contributed by atoms with van der Waals surface area (Å²) < 4.78 is 1.66. The topological polar surface area (TPSA) is 131 Å². The van der Waals surface area contributed by atoms with Gasteiger partial charge < -0.3 is 14.6 Å². The van der Waals surface area contributed by atoms with E-state index in [0.29, 0.717) is 17.2 Å². The number of aliphatic carboxylic acids is 1. The Hall–Kier alpha value is -3.30. The zero-order valence-electron chi connectivity index (χ0n) is 16.0. The zero-order valence-corrected chi connectivity index (χ0v) is 16.0. The summed E-state index contributed by atoms with van der Waals surface area (Å²) in [5.41, 5.74) is -0.0816. The molecule has 28 heavy (non-hydrogen) atoms. The lowest BCUT2D eigenvalue weighted by Gasteiger charge is -2.33. The third kappa shape index (κ3) is 3.32. The van der Waals surface area contributed by atoms with Gasteiger partial charge in [0.25, 0.3) is 11.6 Å². The van der Waals surface area contributed by atoms with Crippen LogP contribution in [0.5, 0.6) is 0 Å². The van der Waals surface area contributed by atoms with Gasteiger partial charge in [0.15, 0.2) is 5.82 Å². The molecule has 0 aliphatic carbocycles. The third-order valence-corrected chi connectivity index (χ3v) is 4.85. The molecule has 1 aliphatic heterocycles. The van der Waals surface area contributed by atoms with Crippen molar-refractivity contribution in [1.29, 1.82) is 0 Å². The van der Waals surface area contributed by atoms with E-state index in [9.17, 15) is 24.8 Å². The van der Waals surface area contributed by atoms with E-state index in [2.05, 4.69) is 10.2 Å². The van der Waals surface area contributed by atoms with Crippen molar-refractivity contribution >= 4 is 17.6 Å². The number of carboxylic acids is 1. The van der Waals surface area contributed by atoms with Gasteiger partial charge in [-0.05, 0) is 18.4 Å². The summed E-state index contributed by atoms with van der Waals surface area (Å²) in [4.78, 5) is 37.0. The summed E-state index contributed by atoms with van der Waals surface area (Å²) in [6.07, 6.45) is 0. The molecule has 0 spiro atoms. The van der Waals surface area contributed by atoms with E-state index in [-0.39, 0.29) is 24.3 Å². The molecule has 1 atom stereocenters. The minimum Gasteiger partial charge on any atom is -0.480 e. The number of aromatic nitrogens is 3. The highest BCUT2D eigenvalue weighted by molar-refractivity contribution is 5.97. The lowest BCUT2D eigenvalue weighted by atomic mass is 9.85. The Morgan fingerprint density at radius 3 is 2.54 bits per heavy atom. The van der Waals surface area contributed by atoms with Crippen molar-refractivity contribution < 1.29 is 19.6 Å². The van der Waals surface area contributed by atoms with Crippen LogP contribution >= 0.6 is 0 Å². The van der Waals surface area contributed by atoms with Crippen LogP contribution in [0.15, 0.2) is 18.2 Å². The maximum absolute atomic E-state index is 13.0. The first-order valence-corrected chi connectivity index (χ1v) is 8.72. The Morgan fingerprint density at radius 2 is 1.96 bits per heavy atom. The lowest BCUT2D eigenvalue weighted by molar-refractivity contribution is -0.386. The molecule has 0 bridgehead atoms. The average molecular weight is 387 g/mol. The van der Waals surface area contributed by atoms with Gasteiger partial charge in [-0.2, -0.15) is 0 Å². The number of fused-ring (bicyclic) bond motifs is 1. The minimum absolute atomic E-state index is 0.0252. The van der Waals surface area contributed by atoms with Crippen LogP contribution in [0, 0.1) is 17.0 Å². The van der Waals surface area contributed by atoms with Crippen LogP contribution in [0.1, 0.15) is 48.3 Å². The van der Waals surface area contributed by atoms with Crippen LogP contribution in [-0.4, -0.2) is 47.6 Å². The standard InChI is InChI=1S/C18H21N5O5/c1-10-19-20-15-9-22(14(17(25)26)8-21(10)15)16(24)11-5-6-12(18(2,3)4)13(7-11)23(27)28/h5-7,14H,8-9H2,1-4H3,(H,25,26). The summed E-state index contributed by atoms with van der Waals surface area (Å²) in [6, 6.07) is 3.15. The molecule has 1 unspecified atom stereocenters. The van der Waals surface area contributed by atoms with E-state index in [1.165, 1.54) is 17.0 Å². The van der Waals surface area contributed by atoms with Gasteiger partial charge >= 0.3 is 5.97 Å². The number of hydrogen-bond acceptors (Lipinski definition) is 6. The van der Waals surface area contributed by atoms with Gasteiger partial charge in [-0.25, -0.2) is 4.79 Å². The van der Waals surface area contributed by atoms with E-state index in [1.807, 2.05) is 20.8 Å². The monoisotopic (exact) mass is 387 g/mol. The molecule has 1 amide bonds. The number of rotatable bonds is 3. The number of aryl methyl sites for hydroxylation is 1. The highest BCUT2D eigenvalue weighted by Crippen LogP contribution is 2.32. The van der Waals surface area contributed by atoms with Gasteiger partial charge in [0.05, 0.1) is 18.0 Å². The molecule has 0 fully saturated rings. The number of amides is 1. The molecule has 1 aromatic carbocycles. The Bertz CT molecular complexity index is 975. The van der Waals surface area contributed by atoms with E-state index in [1.54, 1.807) is 17.6 Å². The highest BCUT2D eigenvalue weighted by Gasteiger charge is 2.37. The molecule has 1 aliphatic rings. The molecule has 0 saturated carbocycles. The van der Waals surface area contributed by atoms with E-state index in [4.69, 9.17) is 0 Å². The van der Waals surface area contributed by atoms with E-state index < -0.39 is 28.3 Å². The second-order valence-electron chi connectivity index (χ2n) is 7.80. The van der Waals surface area contributed by atoms with Gasteiger partial charge in [0.1, 0.15) is 11.9 Å². The second kappa shape index (κ2) is 6.70. The first-order valence-electron chi connectivity index (χ1n) is 8.72. The van der Waals surface area contributed by atoms with Gasteiger partial charge in [0.2, 0.25) is 0 Å². The van der Waals surface area contributed by atoms with Crippen molar-refractivity contribution in [3.05, 3.63) is 51.1 Å². The van der Waals surface area contributed by atoms with Crippen LogP contribution in [-0.2, 0) is 23.3 Å². The van der Waals surface area contributed by atoms with Crippen molar-refractivity contribution in [3.8, 4) is 0 Å². The number of nitrogens with zero attached hydrogens (tertiary/aromatic N) is 5. The summed E-state index contributed by atoms with van der Waals surface area (Å²) in [5.74, 6) is -0.710. The lowest BCUT2D eigenvalue weighted by Crippen LogP contribution is -2.50. The van der Waals surface area contributed by atoms with Crippen molar-refractivity contribution in [1.82, 2.24) is 19.7 Å². The molecule has 148 valence electrons. The quantitative estimate of drug-likeness (QED) is 0.628. The van der Waals surface area contributed by atoms with Gasteiger partial charge in [-0.1, -0.05) is 26.8 Å². The fourth-order valence-electron chi connectivity index (χ4n) is 3.35. The van der Waals surface area contributed by atoms with Crippen molar-refractivity contribution in [2.24, 2.45) is 0 Å². The first-order chi connectivity index (χ1) is 13.0. The SMILES string of the molecule is Cc1nnc2n1CC(C(=O)O)N(C(=O)c1ccc(C(C)(C)C)c([N+](=O)[O-])c1)C2. The van der Waals surface area contributed by atoms with E-state index in [0.717, 1.165) is 0 Å². The summed E-state index contributed by atoms with van der Waals surface area (Å²) in [6.45, 7) is 7.23. The Kier molecular flexibility index (Phi) is 4.66. The predicted molar refractivity (Wildman–Crippen MR) is 97.9 cm³/mol. The van der Waals surface area contributed by atoms with Crippen LogP contribution in [0.25, 0.3) is 0 Å². The molecule has 2 aromatic rings. The Labute approximate surface area is 160 Å². The van der Waals surface area contributed by atoms with Gasteiger partial charge in [-0.15, -0.1) is 10.2 Å². The average Bonchev–Trinajstić information content (AvgIpc) is 2.99. The smallest absolute Gasteiger partial charge is 0.328 e. The van der Waals surface area contributed by atoms with E-state index >= 15 is 0 Å². The molecular formula is C18H21N5O5. The predicted octanol–water partition coefficient (Wildman–Crippen LogP) is 1.90. The number of hydrogen-bond donors (Lipinski definition) is 1. The largest absolute Gasteiger partial charge is 0.480 e. The maximum Gasteiger partial charge on any atom is 0.328 e. The Morgan fingerprint density at radius 1 is 1.29 bits per heavy atom. The molecule has 2 heterocycles. The molecule has 3 rings (SSSR count). The first kappa shape index (κ1) is 19.5. The number of carbonyl (C=O) groups excluding carboxylic acids is 1. The van der Waals surface area contributed by atoms with Gasteiger partial charge in [-0.3, -0.25) is 14.9 Å². The fourth-order valence-corrected chi connectivity index (χ4v) is 3.35. The van der Waals surface area contributed by atoms with Crippen molar-refractivity contribution in [2.75, 3.05) is 0 Å². The third-order valence-electron chi connectivity index (χ3n) is 4.85. The number of nitro benzene ring substituents is 1. The van der Waals surface area contributed by atoms with Crippen LogP contribution in [0.4, 0.5) is 5.69 Å². The van der Waals surface area contributed by atoms with Crippen molar-refractivity contribution in [3.63, 3.8) is 0 Å². The van der Waals surface area contributed by atoms with Crippen LogP contribution in [0.3, 0.4) is 0 Å². The van der Waals surface area contributed by atoms with Crippen molar-refractivity contribution in [2.45, 2.75) is 52.2 Å². The summed E-state index contributed by atoms with van der Waals surface area (Å²) in [7, 11) is 0. The minimum atomic E-state index is -1.16. The zero-order chi connectivity index (χ0) is 20.8. The summed E-state index contributed by atoms with van der Waals surface area (Å²) >= 11 is 0. The fraction of sp³-hybridized carbons (Fsp3) is 0.444. The molecule has 0 radical (unpaired) electrons. The number of nitro groups is 1. The van der Waals surface area contributed by atoms with Gasteiger partial charge in [0, 0.05) is 17.2 Å². The van der Waals surface area contributed by atoms with Crippen LogP contribution in [0.2, 0.25) is 0 Å². The van der Waals surface area contributed by atoms with Crippen LogP contribution < -0.4 is 0 Å². The Balaban J connectivity index is 2.02. The second-order valence-corrected chi connectivity index (χ2v) is 7.80. The molecule has 1 aromatic heterocycles. The highest BCUT2D eigenvalue weighted by atomic mass is 16.6. The normalized spacial score (nSPS) is 16.6. The summed E-state index contributed by atoms with van der Waals surface area (Å²) in [5, 5.41) is 29.0. The molecule has 0 saturated heterocycles. The molecular weight excluding hydrogens is 366 g/mol. The maximum atomic E-state index is 13.0. The molecule has 1 N–H and O–H groups in total. The number of benzene rings is 1. The molecule has 10 heteroatoms. The molecule has 10 nitrogen and oxygen atoms in total. The number of carbonyl (C=O) groups is 2. The number of carboxylic acid groups (broad SMARTS) is 1.